The van der Waals surface area contributed by atoms with Gasteiger partial charge in [0.25, 0.3) is 5.91 Å². The molecule has 1 aromatic heterocycles. The first-order valence-electron chi connectivity index (χ1n) is 11.6. The molecule has 0 saturated carbocycles. The van der Waals surface area contributed by atoms with Crippen LogP contribution in [0.1, 0.15) is 24.4 Å². The van der Waals surface area contributed by atoms with Gasteiger partial charge in [-0.3, -0.25) is 24.0 Å². The largest absolute Gasteiger partial charge is 0.379 e. The number of ether oxygens (including phenoxy) is 1. The van der Waals surface area contributed by atoms with E-state index in [9.17, 15) is 9.59 Å². The minimum absolute atomic E-state index is 0.0555. The molecule has 2 amide bonds. The van der Waals surface area contributed by atoms with Crippen LogP contribution < -0.4 is 10.2 Å². The van der Waals surface area contributed by atoms with E-state index in [0.717, 1.165) is 55.9 Å². The molecule has 2 aliphatic heterocycles. The predicted octanol–water partition coefficient (Wildman–Crippen LogP) is 2.35. The molecule has 3 heterocycles. The number of fused-ring (bicyclic) bond motifs is 3. The lowest BCUT2D eigenvalue weighted by Gasteiger charge is -2.27. The summed E-state index contributed by atoms with van der Waals surface area (Å²) < 4.78 is 7.36. The Morgan fingerprint density at radius 1 is 1.03 bits per heavy atom. The van der Waals surface area contributed by atoms with Gasteiger partial charge < -0.3 is 10.1 Å². The monoisotopic (exact) mass is 447 g/mol. The topological polar surface area (TPSA) is 79.7 Å². The molecule has 33 heavy (non-hydrogen) atoms. The lowest BCUT2D eigenvalue weighted by Crippen LogP contribution is -2.39. The quantitative estimate of drug-likeness (QED) is 0.574. The fraction of sp³-hybridized carbons (Fsp3) is 0.400. The summed E-state index contributed by atoms with van der Waals surface area (Å²) >= 11 is 0. The van der Waals surface area contributed by atoms with Gasteiger partial charge in [-0.1, -0.05) is 42.5 Å². The predicted molar refractivity (Wildman–Crippen MR) is 126 cm³/mol. The third-order valence-electron chi connectivity index (χ3n) is 6.35. The Labute approximate surface area is 193 Å². The second kappa shape index (κ2) is 9.72. The summed E-state index contributed by atoms with van der Waals surface area (Å²) in [4.78, 5) is 35.1. The summed E-state index contributed by atoms with van der Waals surface area (Å²) in [5.41, 5.74) is 2.76. The third-order valence-corrected chi connectivity index (χ3v) is 6.35. The number of para-hydroxylation sites is 2. The number of hydrogen-bond acceptors (Lipinski definition) is 5. The molecule has 172 valence electrons. The van der Waals surface area contributed by atoms with Crippen LogP contribution in [0.15, 0.2) is 54.6 Å². The molecule has 0 radical (unpaired) electrons. The summed E-state index contributed by atoms with van der Waals surface area (Å²) in [5, 5.41) is 2.96. The van der Waals surface area contributed by atoms with Crippen LogP contribution in [0.25, 0.3) is 11.0 Å². The van der Waals surface area contributed by atoms with E-state index in [4.69, 9.17) is 9.72 Å². The fourth-order valence-electron chi connectivity index (χ4n) is 4.63. The zero-order valence-corrected chi connectivity index (χ0v) is 18.7. The van der Waals surface area contributed by atoms with E-state index in [1.165, 1.54) is 0 Å². The molecular formula is C25H29N5O3. The molecule has 1 saturated heterocycles. The molecule has 5 rings (SSSR count). The van der Waals surface area contributed by atoms with E-state index in [-0.39, 0.29) is 18.2 Å². The molecular weight excluding hydrogens is 418 g/mol. The Morgan fingerprint density at radius 2 is 1.79 bits per heavy atom. The number of amides is 2. The van der Waals surface area contributed by atoms with Gasteiger partial charge in [-0.05, 0) is 24.1 Å². The second-order valence-corrected chi connectivity index (χ2v) is 8.55. The van der Waals surface area contributed by atoms with Crippen molar-refractivity contribution < 1.29 is 14.3 Å². The van der Waals surface area contributed by atoms with Gasteiger partial charge in [0.2, 0.25) is 11.9 Å². The average molecular weight is 448 g/mol. The first-order chi connectivity index (χ1) is 16.2. The number of aromatic nitrogens is 2. The van der Waals surface area contributed by atoms with Crippen molar-refractivity contribution in [2.24, 2.45) is 0 Å². The highest BCUT2D eigenvalue weighted by molar-refractivity contribution is 6.03. The number of carbonyl (C=O) groups excluding carboxylic acids is 2. The smallest absolute Gasteiger partial charge is 0.253 e. The third kappa shape index (κ3) is 4.62. The molecule has 0 spiro atoms. The molecule has 1 N–H and O–H groups in total. The summed E-state index contributed by atoms with van der Waals surface area (Å²) in [6, 6.07) is 17.0. The molecule has 8 nitrogen and oxygen atoms in total. The molecule has 2 aromatic carbocycles. The maximum Gasteiger partial charge on any atom is 0.253 e. The van der Waals surface area contributed by atoms with Crippen LogP contribution in [0.4, 0.5) is 5.95 Å². The number of anilines is 1. The van der Waals surface area contributed by atoms with Gasteiger partial charge in [0.1, 0.15) is 6.04 Å². The van der Waals surface area contributed by atoms with Crippen LogP contribution in [0, 0.1) is 0 Å². The Hall–Kier alpha value is -3.23. The summed E-state index contributed by atoms with van der Waals surface area (Å²) in [5.74, 6) is 0.445. The second-order valence-electron chi connectivity index (χ2n) is 8.55. The highest BCUT2D eigenvalue weighted by Gasteiger charge is 2.40. The lowest BCUT2D eigenvalue weighted by molar-refractivity contribution is -0.127. The van der Waals surface area contributed by atoms with Crippen LogP contribution >= 0.6 is 0 Å². The Kier molecular flexibility index (Phi) is 6.37. The molecule has 1 atom stereocenters. The molecule has 1 fully saturated rings. The van der Waals surface area contributed by atoms with Crippen molar-refractivity contribution in [1.29, 1.82) is 0 Å². The zero-order chi connectivity index (χ0) is 22.6. The van der Waals surface area contributed by atoms with Crippen molar-refractivity contribution in [3.63, 3.8) is 0 Å². The van der Waals surface area contributed by atoms with Crippen LogP contribution in [-0.2, 0) is 20.9 Å². The van der Waals surface area contributed by atoms with Crippen LogP contribution in [0.2, 0.25) is 0 Å². The molecule has 3 aromatic rings. The molecule has 0 aliphatic carbocycles. The first-order valence-corrected chi connectivity index (χ1v) is 11.6. The van der Waals surface area contributed by atoms with E-state index < -0.39 is 6.04 Å². The highest BCUT2D eigenvalue weighted by Crippen LogP contribution is 2.36. The molecule has 8 heteroatoms. The standard InChI is InChI=1S/C25H29N5O3/c31-23(26-18-19-7-2-1-3-8-19)17-22-24(32)29(12-6-11-28-13-15-33-16-14-28)25-27-20-9-4-5-10-21(20)30(22)25/h1-5,7-10,22H,6,11-18H2,(H,26,31). The number of morpholine rings is 1. The van der Waals surface area contributed by atoms with Crippen molar-refractivity contribution in [1.82, 2.24) is 19.8 Å². The number of carbonyl (C=O) groups is 2. The van der Waals surface area contributed by atoms with Gasteiger partial charge in [-0.2, -0.15) is 0 Å². The van der Waals surface area contributed by atoms with Gasteiger partial charge in [0.05, 0.1) is 30.7 Å². The fourth-order valence-corrected chi connectivity index (χ4v) is 4.63. The summed E-state index contributed by atoms with van der Waals surface area (Å²) in [6.45, 7) is 5.32. The Morgan fingerprint density at radius 3 is 2.61 bits per heavy atom. The number of benzene rings is 2. The SMILES string of the molecule is O=C(CC1C(=O)N(CCCN2CCOCC2)c2nc3ccccc3n21)NCc1ccccc1. The van der Waals surface area contributed by atoms with E-state index in [1.54, 1.807) is 4.90 Å². The normalized spacial score (nSPS) is 18.6. The van der Waals surface area contributed by atoms with Crippen LogP contribution in [0.3, 0.4) is 0 Å². The zero-order valence-electron chi connectivity index (χ0n) is 18.7. The van der Waals surface area contributed by atoms with Gasteiger partial charge in [-0.25, -0.2) is 4.98 Å². The van der Waals surface area contributed by atoms with Gasteiger partial charge in [0, 0.05) is 32.7 Å². The maximum absolute atomic E-state index is 13.4. The van der Waals surface area contributed by atoms with Gasteiger partial charge in [0.15, 0.2) is 0 Å². The number of rotatable bonds is 8. The number of nitrogens with zero attached hydrogens (tertiary/aromatic N) is 4. The molecule has 0 bridgehead atoms. The molecule has 1 unspecified atom stereocenters. The number of hydrogen-bond donors (Lipinski definition) is 1. The summed E-state index contributed by atoms with van der Waals surface area (Å²) in [6.07, 6.45) is 0.945. The van der Waals surface area contributed by atoms with Crippen LogP contribution in [0.5, 0.6) is 0 Å². The van der Waals surface area contributed by atoms with E-state index in [2.05, 4.69) is 10.2 Å². The number of nitrogens with one attached hydrogen (secondary N) is 1. The minimum atomic E-state index is -0.577. The van der Waals surface area contributed by atoms with Crippen molar-refractivity contribution in [3.8, 4) is 0 Å². The van der Waals surface area contributed by atoms with Crippen LogP contribution in [-0.4, -0.2) is 65.7 Å². The van der Waals surface area contributed by atoms with E-state index >= 15 is 0 Å². The van der Waals surface area contributed by atoms with Crippen molar-refractivity contribution in [2.75, 3.05) is 44.3 Å². The highest BCUT2D eigenvalue weighted by atomic mass is 16.5. The van der Waals surface area contributed by atoms with E-state index in [1.807, 2.05) is 59.2 Å². The Balaban J connectivity index is 1.30. The average Bonchev–Trinajstić information content (AvgIpc) is 3.34. The lowest BCUT2D eigenvalue weighted by atomic mass is 10.1. The summed E-state index contributed by atoms with van der Waals surface area (Å²) in [7, 11) is 0. The number of imidazole rings is 1. The van der Waals surface area contributed by atoms with Crippen molar-refractivity contribution in [3.05, 3.63) is 60.2 Å². The maximum atomic E-state index is 13.4. The van der Waals surface area contributed by atoms with E-state index in [0.29, 0.717) is 19.0 Å². The first kappa shape index (κ1) is 21.6. The van der Waals surface area contributed by atoms with Crippen molar-refractivity contribution >= 4 is 28.8 Å². The Bertz CT molecular complexity index is 1120. The van der Waals surface area contributed by atoms with Gasteiger partial charge >= 0.3 is 0 Å². The minimum Gasteiger partial charge on any atom is -0.379 e. The van der Waals surface area contributed by atoms with Gasteiger partial charge in [-0.15, -0.1) is 0 Å². The van der Waals surface area contributed by atoms with Crippen molar-refractivity contribution in [2.45, 2.75) is 25.4 Å². The molecule has 2 aliphatic rings.